The molecule has 0 aliphatic carbocycles. The van der Waals surface area contributed by atoms with Crippen LogP contribution in [0.3, 0.4) is 0 Å². The third kappa shape index (κ3) is 3.48. The van der Waals surface area contributed by atoms with E-state index in [1.54, 1.807) is 36.4 Å². The Morgan fingerprint density at radius 3 is 2.74 bits per heavy atom. The van der Waals surface area contributed by atoms with Crippen LogP contribution in [0.15, 0.2) is 53.6 Å². The fourth-order valence-corrected chi connectivity index (χ4v) is 1.59. The van der Waals surface area contributed by atoms with E-state index in [0.29, 0.717) is 11.1 Å². The van der Waals surface area contributed by atoms with Gasteiger partial charge in [0.05, 0.1) is 6.21 Å². The largest absolute Gasteiger partial charge is 0.271 e. The number of hydrogen-bond acceptors (Lipinski definition) is 2. The van der Waals surface area contributed by atoms with E-state index in [1.165, 1.54) is 12.3 Å². The van der Waals surface area contributed by atoms with Crippen molar-refractivity contribution in [3.63, 3.8) is 0 Å². The number of carbonyl (C=O) groups excluding carboxylic acids is 1. The molecule has 2 aromatic carbocycles. The van der Waals surface area contributed by atoms with E-state index in [-0.39, 0.29) is 11.7 Å². The van der Waals surface area contributed by atoms with Crippen LogP contribution in [-0.4, -0.2) is 12.1 Å². The lowest BCUT2D eigenvalue weighted by atomic mass is 10.1. The van der Waals surface area contributed by atoms with E-state index in [2.05, 4.69) is 10.5 Å². The Balaban J connectivity index is 2.03. The Morgan fingerprint density at radius 1 is 1.21 bits per heavy atom. The summed E-state index contributed by atoms with van der Waals surface area (Å²) in [6.45, 7) is 1.90. The summed E-state index contributed by atoms with van der Waals surface area (Å²) in [6, 6.07) is 13.4. The van der Waals surface area contributed by atoms with Gasteiger partial charge in [-0.25, -0.2) is 9.82 Å². The first-order valence-electron chi connectivity index (χ1n) is 5.81. The second-order valence-corrected chi connectivity index (χ2v) is 4.09. The Bertz CT molecular complexity index is 623. The van der Waals surface area contributed by atoms with Crippen molar-refractivity contribution >= 4 is 12.1 Å². The smallest absolute Gasteiger partial charge is 0.267 e. The second kappa shape index (κ2) is 5.91. The highest BCUT2D eigenvalue weighted by Crippen LogP contribution is 2.04. The molecule has 0 heterocycles. The van der Waals surface area contributed by atoms with Gasteiger partial charge in [-0.2, -0.15) is 5.10 Å². The van der Waals surface area contributed by atoms with Crippen LogP contribution in [-0.2, 0) is 0 Å². The van der Waals surface area contributed by atoms with Crippen molar-refractivity contribution in [1.29, 1.82) is 0 Å². The molecule has 4 heteroatoms. The molecule has 0 radical (unpaired) electrons. The maximum absolute atomic E-state index is 13.3. The van der Waals surface area contributed by atoms with Crippen LogP contribution >= 0.6 is 0 Å². The van der Waals surface area contributed by atoms with Crippen LogP contribution in [0, 0.1) is 12.7 Å². The van der Waals surface area contributed by atoms with Crippen LogP contribution in [0.1, 0.15) is 21.5 Å². The van der Waals surface area contributed by atoms with E-state index in [4.69, 9.17) is 0 Å². The van der Waals surface area contributed by atoms with Crippen LogP contribution in [0.5, 0.6) is 0 Å². The highest BCUT2D eigenvalue weighted by molar-refractivity contribution is 5.95. The van der Waals surface area contributed by atoms with Gasteiger partial charge in [-0.1, -0.05) is 35.9 Å². The molecule has 0 aliphatic heterocycles. The second-order valence-electron chi connectivity index (χ2n) is 4.09. The molecule has 0 fully saturated rings. The molecule has 0 aromatic heterocycles. The average Bonchev–Trinajstić information content (AvgIpc) is 2.41. The summed E-state index contributed by atoms with van der Waals surface area (Å²) in [5, 5.41) is 3.74. The highest BCUT2D eigenvalue weighted by Gasteiger charge is 2.03. The van der Waals surface area contributed by atoms with E-state index in [1.807, 2.05) is 13.0 Å². The SMILES string of the molecule is Cc1cccc(C(=O)N/N=C/c2ccccc2F)c1. The number of nitrogens with zero attached hydrogens (tertiary/aromatic N) is 1. The highest BCUT2D eigenvalue weighted by atomic mass is 19.1. The van der Waals surface area contributed by atoms with Crippen molar-refractivity contribution in [3.8, 4) is 0 Å². The maximum atomic E-state index is 13.3. The van der Waals surface area contributed by atoms with Crippen LogP contribution < -0.4 is 5.43 Å². The zero-order valence-corrected chi connectivity index (χ0v) is 10.4. The molecule has 2 aromatic rings. The summed E-state index contributed by atoms with van der Waals surface area (Å²) < 4.78 is 13.3. The zero-order chi connectivity index (χ0) is 13.7. The first kappa shape index (κ1) is 13.0. The summed E-state index contributed by atoms with van der Waals surface area (Å²) in [6.07, 6.45) is 1.28. The minimum Gasteiger partial charge on any atom is -0.267 e. The Hall–Kier alpha value is -2.49. The van der Waals surface area contributed by atoms with Crippen molar-refractivity contribution in [3.05, 3.63) is 71.0 Å². The van der Waals surface area contributed by atoms with Gasteiger partial charge >= 0.3 is 0 Å². The van der Waals surface area contributed by atoms with E-state index < -0.39 is 0 Å². The number of benzene rings is 2. The Kier molecular flexibility index (Phi) is 4.03. The monoisotopic (exact) mass is 256 g/mol. The maximum Gasteiger partial charge on any atom is 0.271 e. The van der Waals surface area contributed by atoms with Gasteiger partial charge in [-0.05, 0) is 25.1 Å². The fourth-order valence-electron chi connectivity index (χ4n) is 1.59. The predicted molar refractivity (Wildman–Crippen MR) is 72.6 cm³/mol. The first-order chi connectivity index (χ1) is 9.16. The number of rotatable bonds is 3. The van der Waals surface area contributed by atoms with Gasteiger partial charge in [-0.3, -0.25) is 4.79 Å². The number of carbonyl (C=O) groups is 1. The van der Waals surface area contributed by atoms with Gasteiger partial charge < -0.3 is 0 Å². The summed E-state index contributed by atoms with van der Waals surface area (Å²) in [7, 11) is 0. The van der Waals surface area contributed by atoms with Gasteiger partial charge in [-0.15, -0.1) is 0 Å². The molecule has 2 rings (SSSR count). The topological polar surface area (TPSA) is 41.5 Å². The van der Waals surface area contributed by atoms with Crippen LogP contribution in [0.25, 0.3) is 0 Å². The molecule has 0 atom stereocenters. The number of hydrazone groups is 1. The van der Waals surface area contributed by atoms with Gasteiger partial charge in [0.2, 0.25) is 0 Å². The molecular weight excluding hydrogens is 243 g/mol. The van der Waals surface area contributed by atoms with E-state index in [9.17, 15) is 9.18 Å². The number of halogens is 1. The quantitative estimate of drug-likeness (QED) is 0.665. The summed E-state index contributed by atoms with van der Waals surface area (Å²) in [5.41, 5.74) is 4.20. The Labute approximate surface area is 110 Å². The molecule has 1 amide bonds. The molecule has 0 aliphatic rings. The van der Waals surface area contributed by atoms with Crippen LogP contribution in [0.2, 0.25) is 0 Å². The fraction of sp³-hybridized carbons (Fsp3) is 0.0667. The lowest BCUT2D eigenvalue weighted by molar-refractivity contribution is 0.0955. The molecule has 96 valence electrons. The van der Waals surface area contributed by atoms with Crippen molar-refractivity contribution in [1.82, 2.24) is 5.43 Å². The molecule has 1 N–H and O–H groups in total. The molecule has 0 saturated carbocycles. The Morgan fingerprint density at radius 2 is 2.00 bits per heavy atom. The first-order valence-corrected chi connectivity index (χ1v) is 5.81. The molecule has 0 bridgehead atoms. The van der Waals surface area contributed by atoms with Gasteiger partial charge in [0.15, 0.2) is 0 Å². The number of hydrogen-bond donors (Lipinski definition) is 1. The summed E-state index contributed by atoms with van der Waals surface area (Å²) >= 11 is 0. The van der Waals surface area contributed by atoms with E-state index in [0.717, 1.165) is 5.56 Å². The van der Waals surface area contributed by atoms with Crippen molar-refractivity contribution in [2.24, 2.45) is 5.10 Å². The summed E-state index contributed by atoms with van der Waals surface area (Å²) in [5.74, 6) is -0.702. The predicted octanol–water partition coefficient (Wildman–Crippen LogP) is 2.90. The van der Waals surface area contributed by atoms with Gasteiger partial charge in [0.25, 0.3) is 5.91 Å². The van der Waals surface area contributed by atoms with Gasteiger partial charge in [0.1, 0.15) is 5.82 Å². The molecule has 0 spiro atoms. The van der Waals surface area contributed by atoms with Crippen LogP contribution in [0.4, 0.5) is 4.39 Å². The molecule has 0 saturated heterocycles. The standard InChI is InChI=1S/C15H13FN2O/c1-11-5-4-7-12(9-11)15(19)18-17-10-13-6-2-3-8-14(13)16/h2-10H,1H3,(H,18,19)/b17-10+. The van der Waals surface area contributed by atoms with E-state index >= 15 is 0 Å². The lowest BCUT2D eigenvalue weighted by Crippen LogP contribution is -2.17. The minimum absolute atomic E-state index is 0.323. The molecule has 19 heavy (non-hydrogen) atoms. The number of amides is 1. The lowest BCUT2D eigenvalue weighted by Gasteiger charge is -2.01. The number of nitrogens with one attached hydrogen (secondary N) is 1. The molecule has 3 nitrogen and oxygen atoms in total. The average molecular weight is 256 g/mol. The summed E-state index contributed by atoms with van der Waals surface area (Å²) in [4.78, 5) is 11.8. The third-order valence-electron chi connectivity index (χ3n) is 2.56. The minimum atomic E-state index is -0.379. The zero-order valence-electron chi connectivity index (χ0n) is 10.4. The molecule has 0 unspecified atom stereocenters. The van der Waals surface area contributed by atoms with Gasteiger partial charge in [0, 0.05) is 11.1 Å². The number of aryl methyl sites for hydroxylation is 1. The van der Waals surface area contributed by atoms with Crippen molar-refractivity contribution in [2.75, 3.05) is 0 Å². The third-order valence-corrected chi connectivity index (χ3v) is 2.56. The molecular formula is C15H13FN2O. The van der Waals surface area contributed by atoms with Crippen molar-refractivity contribution < 1.29 is 9.18 Å². The normalized spacial score (nSPS) is 10.6. The van der Waals surface area contributed by atoms with Crippen molar-refractivity contribution in [2.45, 2.75) is 6.92 Å².